The normalized spacial score (nSPS) is 14.2. The largest absolute Gasteiger partial charge is 0.756 e. The fourth-order valence-corrected chi connectivity index (χ4v) is 10.6. The molecule has 496 valence electrons. The number of unbranched alkanes of at least 4 members (excludes halogenated alkanes) is 32. The van der Waals surface area contributed by atoms with Crippen molar-refractivity contribution in [1.82, 2.24) is 5.32 Å². The number of carbonyl (C=O) groups excluding carboxylic acids is 2. The summed E-state index contributed by atoms with van der Waals surface area (Å²) in [6.45, 7) is 6.78. The van der Waals surface area contributed by atoms with Gasteiger partial charge in [0.15, 0.2) is 0 Å². The maximum Gasteiger partial charge on any atom is 0.306 e. The fourth-order valence-electron chi connectivity index (χ4n) is 9.90. The highest BCUT2D eigenvalue weighted by molar-refractivity contribution is 7.45. The first-order valence-electron chi connectivity index (χ1n) is 35.7. The lowest BCUT2D eigenvalue weighted by atomic mass is 10.0. The van der Waals surface area contributed by atoms with Crippen LogP contribution >= 0.6 is 7.82 Å². The number of rotatable bonds is 64. The summed E-state index contributed by atoms with van der Waals surface area (Å²) >= 11 is 0. The summed E-state index contributed by atoms with van der Waals surface area (Å²) in [4.78, 5) is 40.2. The van der Waals surface area contributed by atoms with Crippen LogP contribution in [-0.4, -0.2) is 69.4 Å². The van der Waals surface area contributed by atoms with Gasteiger partial charge in [-0.25, -0.2) is 0 Å². The number of nitrogens with one attached hydrogen (secondary N) is 1. The number of esters is 1. The molecule has 0 bridgehead atoms. The van der Waals surface area contributed by atoms with Gasteiger partial charge >= 0.3 is 5.97 Å². The van der Waals surface area contributed by atoms with E-state index in [-0.39, 0.29) is 24.9 Å². The van der Waals surface area contributed by atoms with Gasteiger partial charge < -0.3 is 28.5 Å². The summed E-state index contributed by atoms with van der Waals surface area (Å²) in [7, 11) is 1.16. The molecule has 1 N–H and O–H groups in total. The van der Waals surface area contributed by atoms with E-state index in [1.165, 1.54) is 154 Å². The summed E-state index contributed by atoms with van der Waals surface area (Å²) < 4.78 is 30.4. The van der Waals surface area contributed by atoms with Crippen molar-refractivity contribution in [1.29, 1.82) is 0 Å². The third kappa shape index (κ3) is 65.1. The predicted octanol–water partition coefficient (Wildman–Crippen LogP) is 22.2. The minimum absolute atomic E-state index is 0.0314. The molecule has 0 saturated heterocycles. The van der Waals surface area contributed by atoms with E-state index < -0.39 is 26.6 Å². The number of hydrogen-bond acceptors (Lipinski definition) is 7. The second-order valence-electron chi connectivity index (χ2n) is 25.0. The van der Waals surface area contributed by atoms with Gasteiger partial charge in [-0.3, -0.25) is 14.2 Å². The number of carbonyl (C=O) groups is 2. The van der Waals surface area contributed by atoms with Crippen LogP contribution in [0.5, 0.6) is 0 Å². The number of phosphoric acid groups is 1. The van der Waals surface area contributed by atoms with Crippen molar-refractivity contribution >= 4 is 19.7 Å². The molecule has 0 heterocycles. The lowest BCUT2D eigenvalue weighted by Gasteiger charge is -2.30. The highest BCUT2D eigenvalue weighted by Gasteiger charge is 2.27. The van der Waals surface area contributed by atoms with E-state index in [9.17, 15) is 19.0 Å². The third-order valence-electron chi connectivity index (χ3n) is 15.4. The molecule has 0 rings (SSSR count). The van der Waals surface area contributed by atoms with E-state index in [0.29, 0.717) is 23.9 Å². The lowest BCUT2D eigenvalue weighted by molar-refractivity contribution is -0.870. The van der Waals surface area contributed by atoms with Gasteiger partial charge in [-0.2, -0.15) is 0 Å². The first-order valence-corrected chi connectivity index (χ1v) is 37.2. The van der Waals surface area contributed by atoms with Gasteiger partial charge in [0.2, 0.25) is 5.91 Å². The Bertz CT molecular complexity index is 1840. The van der Waals surface area contributed by atoms with Crippen molar-refractivity contribution in [3.63, 3.8) is 0 Å². The number of nitrogens with zero attached hydrogens (tertiary/aromatic N) is 1. The van der Waals surface area contributed by atoms with Gasteiger partial charge in [-0.05, 0) is 122 Å². The van der Waals surface area contributed by atoms with Crippen molar-refractivity contribution in [3.05, 3.63) is 109 Å². The quantitative estimate of drug-likeness (QED) is 0.0212. The first kappa shape index (κ1) is 82.7. The zero-order chi connectivity index (χ0) is 62.8. The van der Waals surface area contributed by atoms with Crippen molar-refractivity contribution in [3.8, 4) is 0 Å². The maximum atomic E-state index is 13.6. The molecular formula is C76H135N2O7P. The minimum Gasteiger partial charge on any atom is -0.756 e. The molecule has 1 amide bonds. The first-order chi connectivity index (χ1) is 41.9. The second-order valence-corrected chi connectivity index (χ2v) is 26.4. The number of likely N-dealkylation sites (N-methyl/N-ethyl adjacent to an activating group) is 1. The molecular weight excluding hydrogens is 1080 g/mol. The van der Waals surface area contributed by atoms with Crippen LogP contribution in [-0.2, 0) is 27.9 Å². The average molecular weight is 1220 g/mol. The molecule has 0 radical (unpaired) electrons. The van der Waals surface area contributed by atoms with E-state index in [4.69, 9.17) is 13.8 Å². The highest BCUT2D eigenvalue weighted by atomic mass is 31.2. The van der Waals surface area contributed by atoms with E-state index in [2.05, 4.69) is 123 Å². The second kappa shape index (κ2) is 64.6. The van der Waals surface area contributed by atoms with E-state index in [1.807, 2.05) is 33.3 Å². The lowest BCUT2D eigenvalue weighted by Crippen LogP contribution is -2.47. The highest BCUT2D eigenvalue weighted by Crippen LogP contribution is 2.38. The number of phosphoric ester groups is 1. The Morgan fingerprint density at radius 2 is 0.709 bits per heavy atom. The number of allylic oxidation sites excluding steroid dienone is 17. The number of ether oxygens (including phenoxy) is 1. The number of quaternary nitrogens is 1. The Hall–Kier alpha value is -3.33. The molecule has 3 atom stereocenters. The standard InChI is InChI=1S/C76H135N2O7P/c1-7-10-13-16-19-22-25-28-30-32-34-36-37-38-39-40-41-43-45-47-49-51-54-57-60-63-66-69-76(80)85-74(67-64-61-58-55-52-27-24-21-18-15-12-9-3)73(72-84-86(81,82)83-71-70-78(4,5)6)77-75(79)68-65-62-59-56-53-50-48-46-44-42-35-33-31-29-26-23-20-17-14-11-8-2/h19-20,22-23,28-31,34-36,38-39,42,46,48,64,67,73-74H,7-18,21,24-27,32-33,37,40-41,43-45,47,49-63,65-66,68-72H2,1-6H3,(H-,77,79,81,82)/b22-19-,23-20-,30-28-,31-29-,36-34-,39-38-,42-35-,48-46-,67-64-. The molecule has 86 heavy (non-hydrogen) atoms. The van der Waals surface area contributed by atoms with Gasteiger partial charge in [0.05, 0.1) is 33.8 Å². The maximum absolute atomic E-state index is 13.6. The number of amides is 1. The van der Waals surface area contributed by atoms with Crippen molar-refractivity contribution in [2.45, 2.75) is 322 Å². The molecule has 9 nitrogen and oxygen atoms in total. The van der Waals surface area contributed by atoms with E-state index >= 15 is 0 Å². The summed E-state index contributed by atoms with van der Waals surface area (Å²) in [5.74, 6) is -0.565. The monoisotopic (exact) mass is 1220 g/mol. The fraction of sp³-hybridized carbons (Fsp3) is 0.737. The molecule has 0 aromatic heterocycles. The molecule has 0 aliphatic carbocycles. The molecule has 0 aromatic rings. The van der Waals surface area contributed by atoms with Crippen LogP contribution < -0.4 is 10.2 Å². The molecule has 0 aromatic carbocycles. The summed E-state index contributed by atoms with van der Waals surface area (Å²) in [5.41, 5.74) is 0. The topological polar surface area (TPSA) is 114 Å². The number of hydrogen-bond donors (Lipinski definition) is 1. The summed E-state index contributed by atoms with van der Waals surface area (Å²) in [6, 6.07) is -0.907. The zero-order valence-corrected chi connectivity index (χ0v) is 57.6. The zero-order valence-electron chi connectivity index (χ0n) is 56.7. The molecule has 0 aliphatic rings. The van der Waals surface area contributed by atoms with Crippen LogP contribution in [0.3, 0.4) is 0 Å². The Balaban J connectivity index is 5.11. The third-order valence-corrected chi connectivity index (χ3v) is 16.4. The van der Waals surface area contributed by atoms with Crippen molar-refractivity contribution in [2.75, 3.05) is 40.9 Å². The van der Waals surface area contributed by atoms with Crippen LogP contribution in [0.4, 0.5) is 0 Å². The molecule has 3 unspecified atom stereocenters. The minimum atomic E-state index is -4.72. The van der Waals surface area contributed by atoms with Crippen LogP contribution in [0.1, 0.15) is 310 Å². The van der Waals surface area contributed by atoms with E-state index in [1.54, 1.807) is 0 Å². The van der Waals surface area contributed by atoms with Crippen LogP contribution in [0, 0.1) is 0 Å². The van der Waals surface area contributed by atoms with Gasteiger partial charge in [-0.1, -0.05) is 285 Å². The molecule has 0 fully saturated rings. The Kier molecular flexibility index (Phi) is 62.1. The molecule has 0 aliphatic heterocycles. The average Bonchev–Trinajstić information content (AvgIpc) is 3.65. The van der Waals surface area contributed by atoms with Crippen molar-refractivity contribution < 1.29 is 37.3 Å². The van der Waals surface area contributed by atoms with Gasteiger partial charge in [0.1, 0.15) is 19.3 Å². The Morgan fingerprint density at radius 1 is 0.407 bits per heavy atom. The van der Waals surface area contributed by atoms with Crippen LogP contribution in [0.2, 0.25) is 0 Å². The Labute approximate surface area is 531 Å². The van der Waals surface area contributed by atoms with Gasteiger partial charge in [0.25, 0.3) is 7.82 Å². The van der Waals surface area contributed by atoms with Crippen LogP contribution in [0.15, 0.2) is 109 Å². The van der Waals surface area contributed by atoms with E-state index in [0.717, 1.165) is 116 Å². The molecule has 0 spiro atoms. The Morgan fingerprint density at radius 3 is 1.08 bits per heavy atom. The van der Waals surface area contributed by atoms with Gasteiger partial charge in [-0.15, -0.1) is 0 Å². The molecule has 10 heteroatoms. The predicted molar refractivity (Wildman–Crippen MR) is 371 cm³/mol. The SMILES string of the molecule is CCCCC/C=C\C/C=C\C/C=C\C/C=C\CCCCCCCCCCCCCC(=O)OC(/C=C\CCCCCCCCCCCC)C(COP(=O)([O-])OCC[N+](C)(C)C)NC(=O)CCCCCCC/C=C\C/C=C\C/C=C\C/C=C\CCCCC. The summed E-state index contributed by atoms with van der Waals surface area (Å²) in [6.07, 6.45) is 89.2. The van der Waals surface area contributed by atoms with Crippen LogP contribution in [0.25, 0.3) is 0 Å². The van der Waals surface area contributed by atoms with Crippen molar-refractivity contribution in [2.24, 2.45) is 0 Å². The smallest absolute Gasteiger partial charge is 0.306 e. The summed E-state index contributed by atoms with van der Waals surface area (Å²) in [5, 5.41) is 3.03. The molecule has 0 saturated carbocycles. The van der Waals surface area contributed by atoms with Gasteiger partial charge in [0, 0.05) is 12.8 Å².